The van der Waals surface area contributed by atoms with Gasteiger partial charge >= 0.3 is 0 Å². The Morgan fingerprint density at radius 1 is 1.57 bits per heavy atom. The Balaban J connectivity index is 2.14. The molecule has 1 saturated heterocycles. The van der Waals surface area contributed by atoms with Crippen molar-refractivity contribution in [3.63, 3.8) is 0 Å². The lowest BCUT2D eigenvalue weighted by molar-refractivity contribution is -0.0842. The molecule has 0 unspecified atom stereocenters. The Labute approximate surface area is 43.8 Å². The molecule has 0 aromatic heterocycles. The average molecular weight is 101 g/mol. The van der Waals surface area contributed by atoms with Crippen LogP contribution in [0.15, 0.2) is 0 Å². The van der Waals surface area contributed by atoms with Crippen molar-refractivity contribution in [1.82, 2.24) is 15.6 Å². The smallest absolute Gasteiger partial charge is 0.0430 e. The highest BCUT2D eigenvalue weighted by molar-refractivity contribution is 4.56. The molecule has 0 aliphatic carbocycles. The molecule has 0 atom stereocenters. The second kappa shape index (κ2) is 1.78. The molecule has 7 heavy (non-hydrogen) atoms. The highest BCUT2D eigenvalue weighted by atomic mass is 15.8. The Morgan fingerprint density at radius 2 is 2.14 bits per heavy atom. The van der Waals surface area contributed by atoms with Crippen LogP contribution in [0.5, 0.6) is 0 Å². The summed E-state index contributed by atoms with van der Waals surface area (Å²) in [6.45, 7) is 2.27. The Kier molecular flexibility index (Phi) is 1.27. The van der Waals surface area contributed by atoms with Gasteiger partial charge in [-0.3, -0.25) is 0 Å². The van der Waals surface area contributed by atoms with Crippen molar-refractivity contribution in [2.24, 2.45) is 0 Å². The zero-order valence-corrected chi connectivity index (χ0v) is 4.81. The van der Waals surface area contributed by atoms with Crippen LogP contribution in [0.25, 0.3) is 0 Å². The first-order chi connectivity index (χ1) is 3.30. The van der Waals surface area contributed by atoms with E-state index in [0.717, 1.165) is 13.1 Å². The van der Waals surface area contributed by atoms with Crippen molar-refractivity contribution in [3.8, 4) is 0 Å². The second-order valence-corrected chi connectivity index (χ2v) is 1.88. The first-order valence-corrected chi connectivity index (χ1v) is 2.49. The zero-order valence-electron chi connectivity index (χ0n) is 4.81. The van der Waals surface area contributed by atoms with Gasteiger partial charge in [0, 0.05) is 27.2 Å². The minimum atomic E-state index is 1.12. The number of nitrogens with one attached hydrogen (secondary N) is 1. The van der Waals surface area contributed by atoms with E-state index in [9.17, 15) is 0 Å². The van der Waals surface area contributed by atoms with E-state index in [2.05, 4.69) is 10.5 Å². The third kappa shape index (κ3) is 0.907. The van der Waals surface area contributed by atoms with Gasteiger partial charge in [-0.2, -0.15) is 5.12 Å². The van der Waals surface area contributed by atoms with E-state index in [1.54, 1.807) is 0 Å². The van der Waals surface area contributed by atoms with Gasteiger partial charge in [0.2, 0.25) is 0 Å². The number of hydrogen-bond acceptors (Lipinski definition) is 3. The topological polar surface area (TPSA) is 18.5 Å². The van der Waals surface area contributed by atoms with Crippen molar-refractivity contribution in [2.75, 3.05) is 27.2 Å². The molecule has 1 heterocycles. The lowest BCUT2D eigenvalue weighted by Crippen LogP contribution is -2.59. The molecule has 1 N–H and O–H groups in total. The van der Waals surface area contributed by atoms with Crippen LogP contribution in [-0.4, -0.2) is 37.3 Å². The summed E-state index contributed by atoms with van der Waals surface area (Å²) >= 11 is 0. The number of hydrogen-bond donors (Lipinski definition) is 1. The third-order valence-electron chi connectivity index (χ3n) is 1.10. The van der Waals surface area contributed by atoms with Gasteiger partial charge in [0.25, 0.3) is 0 Å². The molecule has 0 radical (unpaired) electrons. The van der Waals surface area contributed by atoms with Gasteiger partial charge in [-0.1, -0.05) is 0 Å². The average Bonchev–Trinajstić information content (AvgIpc) is 1.23. The highest BCUT2D eigenvalue weighted by Gasteiger charge is 2.13. The molecule has 1 fully saturated rings. The Morgan fingerprint density at radius 3 is 2.14 bits per heavy atom. The lowest BCUT2D eigenvalue weighted by Gasteiger charge is -2.36. The summed E-state index contributed by atoms with van der Waals surface area (Å²) in [5.41, 5.74) is 3.10. The van der Waals surface area contributed by atoms with Gasteiger partial charge in [-0.05, 0) is 0 Å². The summed E-state index contributed by atoms with van der Waals surface area (Å²) in [4.78, 5) is 0. The van der Waals surface area contributed by atoms with E-state index in [1.807, 2.05) is 19.1 Å². The minimum Gasteiger partial charge on any atom is -0.240 e. The van der Waals surface area contributed by atoms with E-state index in [0.29, 0.717) is 0 Å². The molecule has 3 nitrogen and oxygen atoms in total. The van der Waals surface area contributed by atoms with Crippen LogP contribution in [0.3, 0.4) is 0 Å². The molecule has 0 spiro atoms. The predicted molar refractivity (Wildman–Crippen MR) is 28.4 cm³/mol. The largest absolute Gasteiger partial charge is 0.240 e. The maximum absolute atomic E-state index is 3.10. The lowest BCUT2D eigenvalue weighted by atomic mass is 10.6. The normalized spacial score (nSPS) is 22.7. The van der Waals surface area contributed by atoms with E-state index in [1.165, 1.54) is 0 Å². The summed E-state index contributed by atoms with van der Waals surface area (Å²) in [6.07, 6.45) is 0. The van der Waals surface area contributed by atoms with Gasteiger partial charge in [-0.25, -0.2) is 10.4 Å². The standard InChI is InChI=1S/C4H11N3/c1-6(2)7-4-3-5-7/h5H,3-4H2,1-2H3. The summed E-state index contributed by atoms with van der Waals surface area (Å²) in [6, 6.07) is 0. The molecule has 0 amide bonds. The Hall–Kier alpha value is -0.120. The molecular formula is C4H11N3. The summed E-state index contributed by atoms with van der Waals surface area (Å²) in [5, 5.41) is 4.09. The number of hydrazine groups is 2. The number of rotatable bonds is 1. The fourth-order valence-electron chi connectivity index (χ4n) is 0.553. The van der Waals surface area contributed by atoms with Crippen molar-refractivity contribution in [1.29, 1.82) is 0 Å². The molecule has 42 valence electrons. The van der Waals surface area contributed by atoms with Gasteiger partial charge < -0.3 is 0 Å². The highest BCUT2D eigenvalue weighted by Crippen LogP contribution is 1.91. The summed E-state index contributed by atoms with van der Waals surface area (Å²) in [5.74, 6) is 0. The summed E-state index contributed by atoms with van der Waals surface area (Å²) in [7, 11) is 4.04. The van der Waals surface area contributed by atoms with Crippen molar-refractivity contribution >= 4 is 0 Å². The maximum Gasteiger partial charge on any atom is 0.0430 e. The van der Waals surface area contributed by atoms with Crippen molar-refractivity contribution in [3.05, 3.63) is 0 Å². The molecule has 3 heteroatoms. The minimum absolute atomic E-state index is 1.12. The van der Waals surface area contributed by atoms with E-state index in [4.69, 9.17) is 0 Å². The Bertz CT molecular complexity index is 58.0. The molecule has 1 aliphatic heterocycles. The fraction of sp³-hybridized carbons (Fsp3) is 1.00. The monoisotopic (exact) mass is 101 g/mol. The van der Waals surface area contributed by atoms with Crippen LogP contribution in [0.2, 0.25) is 0 Å². The van der Waals surface area contributed by atoms with E-state index < -0.39 is 0 Å². The van der Waals surface area contributed by atoms with Gasteiger partial charge in [0.05, 0.1) is 0 Å². The second-order valence-electron chi connectivity index (χ2n) is 1.88. The predicted octanol–water partition coefficient (Wildman–Crippen LogP) is -0.717. The van der Waals surface area contributed by atoms with Gasteiger partial charge in [-0.15, -0.1) is 0 Å². The maximum atomic E-state index is 3.10. The first-order valence-electron chi connectivity index (χ1n) is 2.49. The summed E-state index contributed by atoms with van der Waals surface area (Å²) < 4.78 is 0. The quantitative estimate of drug-likeness (QED) is 0.470. The third-order valence-corrected chi connectivity index (χ3v) is 1.10. The van der Waals surface area contributed by atoms with E-state index >= 15 is 0 Å². The SMILES string of the molecule is CN(C)N1CCN1. The molecule has 0 aromatic carbocycles. The van der Waals surface area contributed by atoms with Crippen LogP contribution in [0, 0.1) is 0 Å². The number of nitrogens with zero attached hydrogens (tertiary/aromatic N) is 2. The molecule has 0 saturated carbocycles. The van der Waals surface area contributed by atoms with Crippen LogP contribution in [-0.2, 0) is 0 Å². The molecule has 0 bridgehead atoms. The van der Waals surface area contributed by atoms with Gasteiger partial charge in [0.1, 0.15) is 0 Å². The zero-order chi connectivity index (χ0) is 5.28. The van der Waals surface area contributed by atoms with Crippen LogP contribution in [0.4, 0.5) is 0 Å². The van der Waals surface area contributed by atoms with E-state index in [-0.39, 0.29) is 0 Å². The van der Waals surface area contributed by atoms with Crippen LogP contribution in [0.1, 0.15) is 0 Å². The molecule has 1 rings (SSSR count). The molecular weight excluding hydrogens is 90.1 g/mol. The van der Waals surface area contributed by atoms with Crippen LogP contribution < -0.4 is 5.43 Å². The molecule has 0 aromatic rings. The molecule has 1 aliphatic rings. The fourth-order valence-corrected chi connectivity index (χ4v) is 0.553. The van der Waals surface area contributed by atoms with Crippen molar-refractivity contribution in [2.45, 2.75) is 0 Å². The van der Waals surface area contributed by atoms with Crippen LogP contribution >= 0.6 is 0 Å². The van der Waals surface area contributed by atoms with Gasteiger partial charge in [0.15, 0.2) is 0 Å². The first kappa shape index (κ1) is 5.03. The van der Waals surface area contributed by atoms with Crippen molar-refractivity contribution < 1.29 is 0 Å².